The summed E-state index contributed by atoms with van der Waals surface area (Å²) >= 11 is 0. The van der Waals surface area contributed by atoms with E-state index in [1.165, 1.54) is 6.92 Å². The molecular formula is C19H23N3O2. The Morgan fingerprint density at radius 1 is 1.00 bits per heavy atom. The number of amides is 3. The van der Waals surface area contributed by atoms with Crippen LogP contribution in [0.25, 0.3) is 0 Å². The second-order valence-electron chi connectivity index (χ2n) is 5.92. The number of aryl methyl sites for hydroxylation is 2. The maximum atomic E-state index is 12.4. The Morgan fingerprint density at radius 3 is 2.38 bits per heavy atom. The smallest absolute Gasteiger partial charge is 0.321 e. The Bertz CT molecular complexity index is 756. The van der Waals surface area contributed by atoms with E-state index in [0.29, 0.717) is 17.9 Å². The van der Waals surface area contributed by atoms with Crippen molar-refractivity contribution in [2.45, 2.75) is 27.3 Å². The van der Waals surface area contributed by atoms with Crippen LogP contribution in [0.5, 0.6) is 0 Å². The van der Waals surface area contributed by atoms with E-state index in [0.717, 1.165) is 16.7 Å². The summed E-state index contributed by atoms with van der Waals surface area (Å²) in [5.41, 5.74) is 4.54. The van der Waals surface area contributed by atoms with Crippen LogP contribution in [-0.2, 0) is 11.3 Å². The maximum absolute atomic E-state index is 12.4. The molecule has 0 aliphatic carbocycles. The van der Waals surface area contributed by atoms with Gasteiger partial charge < -0.3 is 15.5 Å². The largest absolute Gasteiger partial charge is 0.326 e. The first-order chi connectivity index (χ1) is 11.4. The second-order valence-corrected chi connectivity index (χ2v) is 5.92. The zero-order chi connectivity index (χ0) is 17.7. The predicted molar refractivity (Wildman–Crippen MR) is 97.1 cm³/mol. The summed E-state index contributed by atoms with van der Waals surface area (Å²) in [5, 5.41) is 5.62. The SMILES string of the molecule is CC(=O)Nc1ccc(C)c(NC(=O)N(C)Cc2ccccc2C)c1. The molecule has 5 nitrogen and oxygen atoms in total. The lowest BCUT2D eigenvalue weighted by molar-refractivity contribution is -0.114. The minimum Gasteiger partial charge on any atom is -0.326 e. The van der Waals surface area contributed by atoms with Crippen molar-refractivity contribution in [3.05, 3.63) is 59.2 Å². The topological polar surface area (TPSA) is 61.4 Å². The number of urea groups is 1. The van der Waals surface area contributed by atoms with Crippen LogP contribution in [0.4, 0.5) is 16.2 Å². The minimum absolute atomic E-state index is 0.146. The molecule has 0 saturated carbocycles. The number of nitrogens with one attached hydrogen (secondary N) is 2. The van der Waals surface area contributed by atoms with E-state index in [2.05, 4.69) is 10.6 Å². The molecule has 2 aromatic rings. The van der Waals surface area contributed by atoms with Gasteiger partial charge in [-0.1, -0.05) is 30.3 Å². The van der Waals surface area contributed by atoms with Crippen LogP contribution < -0.4 is 10.6 Å². The predicted octanol–water partition coefficient (Wildman–Crippen LogP) is 3.93. The highest BCUT2D eigenvalue weighted by Crippen LogP contribution is 2.21. The highest BCUT2D eigenvalue weighted by atomic mass is 16.2. The Hall–Kier alpha value is -2.82. The van der Waals surface area contributed by atoms with Gasteiger partial charge in [-0.3, -0.25) is 4.79 Å². The van der Waals surface area contributed by atoms with Gasteiger partial charge in [0, 0.05) is 31.9 Å². The molecular weight excluding hydrogens is 302 g/mol. The van der Waals surface area contributed by atoms with Crippen LogP contribution in [0.2, 0.25) is 0 Å². The first-order valence-electron chi connectivity index (χ1n) is 7.81. The fourth-order valence-electron chi connectivity index (χ4n) is 2.36. The molecule has 0 fully saturated rings. The quantitative estimate of drug-likeness (QED) is 0.895. The molecule has 0 bridgehead atoms. The molecule has 0 unspecified atom stereocenters. The van der Waals surface area contributed by atoms with Gasteiger partial charge in [-0.15, -0.1) is 0 Å². The standard InChI is InChI=1S/C19H23N3O2/c1-13-7-5-6-8-16(13)12-22(4)19(24)21-18-11-17(20-15(3)23)10-9-14(18)2/h5-11H,12H2,1-4H3,(H,20,23)(H,21,24). The molecule has 3 amide bonds. The van der Waals surface area contributed by atoms with Gasteiger partial charge in [0.25, 0.3) is 0 Å². The normalized spacial score (nSPS) is 10.2. The lowest BCUT2D eigenvalue weighted by Gasteiger charge is -2.20. The minimum atomic E-state index is -0.193. The molecule has 2 N–H and O–H groups in total. The van der Waals surface area contributed by atoms with Gasteiger partial charge in [0.05, 0.1) is 0 Å². The molecule has 2 aromatic carbocycles. The fraction of sp³-hybridized carbons (Fsp3) is 0.263. The number of rotatable bonds is 4. The van der Waals surface area contributed by atoms with Crippen LogP contribution in [-0.4, -0.2) is 23.9 Å². The molecule has 0 spiro atoms. The van der Waals surface area contributed by atoms with Crippen LogP contribution in [0.3, 0.4) is 0 Å². The molecule has 0 saturated heterocycles. The monoisotopic (exact) mass is 325 g/mol. The average molecular weight is 325 g/mol. The molecule has 0 aromatic heterocycles. The van der Waals surface area contributed by atoms with Crippen molar-refractivity contribution in [2.75, 3.05) is 17.7 Å². The summed E-state index contributed by atoms with van der Waals surface area (Å²) in [6, 6.07) is 13.2. The van der Waals surface area contributed by atoms with E-state index < -0.39 is 0 Å². The molecule has 126 valence electrons. The highest BCUT2D eigenvalue weighted by Gasteiger charge is 2.12. The number of anilines is 2. The average Bonchev–Trinajstić information content (AvgIpc) is 2.52. The number of benzene rings is 2. The number of carbonyl (C=O) groups is 2. The summed E-state index contributed by atoms with van der Waals surface area (Å²) in [6.45, 7) is 5.92. The van der Waals surface area contributed by atoms with Gasteiger partial charge in [0.2, 0.25) is 5.91 Å². The van der Waals surface area contributed by atoms with Gasteiger partial charge in [-0.05, 0) is 42.7 Å². The molecule has 0 heterocycles. The molecule has 0 aliphatic rings. The van der Waals surface area contributed by atoms with Gasteiger partial charge in [-0.2, -0.15) is 0 Å². The van der Waals surface area contributed by atoms with E-state index in [9.17, 15) is 9.59 Å². The lowest BCUT2D eigenvalue weighted by Crippen LogP contribution is -2.31. The summed E-state index contributed by atoms with van der Waals surface area (Å²) in [5.74, 6) is -0.146. The number of hydrogen-bond donors (Lipinski definition) is 2. The van der Waals surface area contributed by atoms with E-state index in [4.69, 9.17) is 0 Å². The molecule has 24 heavy (non-hydrogen) atoms. The summed E-state index contributed by atoms with van der Waals surface area (Å²) < 4.78 is 0. The van der Waals surface area contributed by atoms with Crippen LogP contribution in [0.1, 0.15) is 23.6 Å². The van der Waals surface area contributed by atoms with Crippen molar-refractivity contribution >= 4 is 23.3 Å². The lowest BCUT2D eigenvalue weighted by atomic mass is 10.1. The van der Waals surface area contributed by atoms with Gasteiger partial charge in [-0.25, -0.2) is 4.79 Å². The van der Waals surface area contributed by atoms with Crippen molar-refractivity contribution in [1.29, 1.82) is 0 Å². The first-order valence-corrected chi connectivity index (χ1v) is 7.81. The zero-order valence-electron chi connectivity index (χ0n) is 14.5. The fourth-order valence-corrected chi connectivity index (χ4v) is 2.36. The van der Waals surface area contributed by atoms with E-state index in [1.54, 1.807) is 18.0 Å². The third-order valence-electron chi connectivity index (χ3n) is 3.82. The van der Waals surface area contributed by atoms with Crippen molar-refractivity contribution in [1.82, 2.24) is 4.90 Å². The summed E-state index contributed by atoms with van der Waals surface area (Å²) in [6.07, 6.45) is 0. The van der Waals surface area contributed by atoms with Gasteiger partial charge in [0.1, 0.15) is 0 Å². The van der Waals surface area contributed by atoms with Crippen molar-refractivity contribution < 1.29 is 9.59 Å². The molecule has 5 heteroatoms. The maximum Gasteiger partial charge on any atom is 0.321 e. The Balaban J connectivity index is 2.08. The van der Waals surface area contributed by atoms with E-state index in [1.807, 2.05) is 50.2 Å². The molecule has 0 radical (unpaired) electrons. The van der Waals surface area contributed by atoms with Gasteiger partial charge >= 0.3 is 6.03 Å². The summed E-state index contributed by atoms with van der Waals surface area (Å²) in [4.78, 5) is 25.2. The van der Waals surface area contributed by atoms with E-state index in [-0.39, 0.29) is 11.9 Å². The number of nitrogens with zero attached hydrogens (tertiary/aromatic N) is 1. The number of carbonyl (C=O) groups excluding carboxylic acids is 2. The van der Waals surface area contributed by atoms with Crippen LogP contribution >= 0.6 is 0 Å². The van der Waals surface area contributed by atoms with Crippen LogP contribution in [0.15, 0.2) is 42.5 Å². The zero-order valence-corrected chi connectivity index (χ0v) is 14.5. The molecule has 0 aliphatic heterocycles. The van der Waals surface area contributed by atoms with Crippen LogP contribution in [0, 0.1) is 13.8 Å². The Kier molecular flexibility index (Phi) is 5.58. The summed E-state index contributed by atoms with van der Waals surface area (Å²) in [7, 11) is 1.76. The third kappa shape index (κ3) is 4.59. The molecule has 2 rings (SSSR count). The Morgan fingerprint density at radius 2 is 1.71 bits per heavy atom. The second kappa shape index (κ2) is 7.64. The molecule has 0 atom stereocenters. The highest BCUT2D eigenvalue weighted by molar-refractivity contribution is 5.93. The first kappa shape index (κ1) is 17.5. The van der Waals surface area contributed by atoms with Gasteiger partial charge in [0.15, 0.2) is 0 Å². The van der Waals surface area contributed by atoms with E-state index >= 15 is 0 Å². The Labute approximate surface area is 142 Å². The number of hydrogen-bond acceptors (Lipinski definition) is 2. The van der Waals surface area contributed by atoms with Crippen molar-refractivity contribution in [2.24, 2.45) is 0 Å². The third-order valence-corrected chi connectivity index (χ3v) is 3.82. The van der Waals surface area contributed by atoms with Crippen molar-refractivity contribution in [3.8, 4) is 0 Å². The van der Waals surface area contributed by atoms with Crippen molar-refractivity contribution in [3.63, 3.8) is 0 Å².